The van der Waals surface area contributed by atoms with Gasteiger partial charge in [0.1, 0.15) is 0 Å². The average molecular weight is 303 g/mol. The van der Waals surface area contributed by atoms with Gasteiger partial charge in [-0.25, -0.2) is 4.79 Å². The Bertz CT molecular complexity index is 597. The number of amides is 2. The molecule has 0 radical (unpaired) electrons. The molecule has 1 heterocycles. The minimum Gasteiger partial charge on any atom is -0.394 e. The number of benzene rings is 1. The second-order valence-electron chi connectivity index (χ2n) is 5.41. The topological polar surface area (TPSA) is 92.1 Å². The van der Waals surface area contributed by atoms with Crippen molar-refractivity contribution in [3.8, 4) is 5.69 Å². The molecule has 0 spiro atoms. The first-order valence-electron chi connectivity index (χ1n) is 7.23. The molecule has 0 aliphatic heterocycles. The minimum atomic E-state index is -0.613. The van der Waals surface area contributed by atoms with E-state index in [-0.39, 0.29) is 12.6 Å². The van der Waals surface area contributed by atoms with Crippen LogP contribution in [0.5, 0.6) is 0 Å². The molecule has 2 rings (SSSR count). The van der Waals surface area contributed by atoms with Crippen LogP contribution in [0.15, 0.2) is 36.7 Å². The van der Waals surface area contributed by atoms with E-state index in [9.17, 15) is 9.90 Å². The Morgan fingerprint density at radius 1 is 1.27 bits per heavy atom. The van der Waals surface area contributed by atoms with Crippen LogP contribution < -0.4 is 10.6 Å². The van der Waals surface area contributed by atoms with Crippen molar-refractivity contribution < 1.29 is 9.90 Å². The van der Waals surface area contributed by atoms with Crippen molar-refractivity contribution in [3.05, 3.63) is 36.7 Å². The van der Waals surface area contributed by atoms with E-state index in [4.69, 9.17) is 0 Å². The van der Waals surface area contributed by atoms with Crippen LogP contribution in [-0.4, -0.2) is 38.3 Å². The van der Waals surface area contributed by atoms with E-state index in [2.05, 4.69) is 20.8 Å². The van der Waals surface area contributed by atoms with Crippen LogP contribution in [0, 0.1) is 0 Å². The van der Waals surface area contributed by atoms with E-state index in [1.54, 1.807) is 24.5 Å². The van der Waals surface area contributed by atoms with Crippen LogP contribution >= 0.6 is 0 Å². The van der Waals surface area contributed by atoms with Gasteiger partial charge in [0.05, 0.1) is 30.2 Å². The van der Waals surface area contributed by atoms with Gasteiger partial charge in [-0.2, -0.15) is 15.0 Å². The predicted molar refractivity (Wildman–Crippen MR) is 83.9 cm³/mol. The smallest absolute Gasteiger partial charge is 0.319 e. The number of urea groups is 1. The first-order chi connectivity index (χ1) is 10.6. The molecule has 1 aromatic heterocycles. The molecule has 1 aromatic carbocycles. The molecule has 22 heavy (non-hydrogen) atoms. The molecular formula is C15H21N5O2. The van der Waals surface area contributed by atoms with Gasteiger partial charge in [-0.05, 0) is 37.6 Å². The second-order valence-corrected chi connectivity index (χ2v) is 5.41. The standard InChI is InChI=1S/C15H21N5O2/c1-3-8-15(2,11-21)19-14(22)18-12-4-6-13(7-5-12)20-16-9-10-17-20/h4-7,9-10,21H,3,8,11H2,1-2H3,(H2,18,19,22). The zero-order chi connectivity index (χ0) is 16.0. The molecule has 0 bridgehead atoms. The zero-order valence-electron chi connectivity index (χ0n) is 12.8. The average Bonchev–Trinajstić information content (AvgIpc) is 3.02. The third-order valence-corrected chi connectivity index (χ3v) is 3.34. The highest BCUT2D eigenvalue weighted by Gasteiger charge is 2.24. The highest BCUT2D eigenvalue weighted by Crippen LogP contribution is 2.14. The largest absolute Gasteiger partial charge is 0.394 e. The molecular weight excluding hydrogens is 282 g/mol. The number of hydrogen-bond donors (Lipinski definition) is 3. The lowest BCUT2D eigenvalue weighted by atomic mass is 9.98. The van der Waals surface area contributed by atoms with Gasteiger partial charge >= 0.3 is 6.03 Å². The Morgan fingerprint density at radius 3 is 2.45 bits per heavy atom. The van der Waals surface area contributed by atoms with Gasteiger partial charge in [0, 0.05) is 5.69 Å². The molecule has 7 heteroatoms. The van der Waals surface area contributed by atoms with Gasteiger partial charge in [-0.15, -0.1) is 0 Å². The van der Waals surface area contributed by atoms with Gasteiger partial charge in [-0.1, -0.05) is 13.3 Å². The SMILES string of the molecule is CCCC(C)(CO)NC(=O)Nc1ccc(-n2nccn2)cc1. The molecule has 1 atom stereocenters. The maximum Gasteiger partial charge on any atom is 0.319 e. The van der Waals surface area contributed by atoms with Crippen molar-refractivity contribution in [2.45, 2.75) is 32.2 Å². The molecule has 2 aromatic rings. The maximum atomic E-state index is 12.0. The lowest BCUT2D eigenvalue weighted by molar-refractivity contribution is 0.167. The first-order valence-corrected chi connectivity index (χ1v) is 7.23. The molecule has 1 unspecified atom stereocenters. The van der Waals surface area contributed by atoms with Gasteiger partial charge < -0.3 is 15.7 Å². The summed E-state index contributed by atoms with van der Waals surface area (Å²) in [6.45, 7) is 3.73. The molecule has 0 aliphatic rings. The third kappa shape index (κ3) is 4.05. The maximum absolute atomic E-state index is 12.0. The molecule has 2 amide bonds. The molecule has 0 fully saturated rings. The number of aliphatic hydroxyl groups excluding tert-OH is 1. The molecule has 118 valence electrons. The van der Waals surface area contributed by atoms with Gasteiger partial charge in [0.25, 0.3) is 0 Å². The van der Waals surface area contributed by atoms with Crippen LogP contribution in [-0.2, 0) is 0 Å². The first kappa shape index (κ1) is 16.0. The Balaban J connectivity index is 1.97. The summed E-state index contributed by atoms with van der Waals surface area (Å²) in [5.74, 6) is 0. The van der Waals surface area contributed by atoms with Crippen molar-refractivity contribution >= 4 is 11.7 Å². The van der Waals surface area contributed by atoms with Gasteiger partial charge in [0.15, 0.2) is 0 Å². The van der Waals surface area contributed by atoms with E-state index >= 15 is 0 Å². The van der Waals surface area contributed by atoms with Crippen molar-refractivity contribution in [3.63, 3.8) is 0 Å². The van der Waals surface area contributed by atoms with Crippen molar-refractivity contribution in [1.82, 2.24) is 20.3 Å². The summed E-state index contributed by atoms with van der Waals surface area (Å²) in [6, 6.07) is 6.83. The van der Waals surface area contributed by atoms with Crippen molar-refractivity contribution in [1.29, 1.82) is 0 Å². The Morgan fingerprint density at radius 2 is 1.91 bits per heavy atom. The quantitative estimate of drug-likeness (QED) is 0.760. The normalized spacial score (nSPS) is 13.4. The summed E-state index contributed by atoms with van der Waals surface area (Å²) in [5.41, 5.74) is 0.852. The number of rotatable bonds is 6. The summed E-state index contributed by atoms with van der Waals surface area (Å²) in [7, 11) is 0. The van der Waals surface area contributed by atoms with E-state index in [1.807, 2.05) is 26.0 Å². The number of aromatic nitrogens is 3. The number of anilines is 1. The summed E-state index contributed by atoms with van der Waals surface area (Å²) < 4.78 is 0. The fourth-order valence-corrected chi connectivity index (χ4v) is 2.20. The lowest BCUT2D eigenvalue weighted by Crippen LogP contribution is -2.50. The lowest BCUT2D eigenvalue weighted by Gasteiger charge is -2.28. The Kier molecular flexibility index (Phi) is 5.11. The van der Waals surface area contributed by atoms with Crippen LogP contribution in [0.25, 0.3) is 5.69 Å². The van der Waals surface area contributed by atoms with Crippen LogP contribution in [0.3, 0.4) is 0 Å². The van der Waals surface area contributed by atoms with Crippen LogP contribution in [0.1, 0.15) is 26.7 Å². The summed E-state index contributed by atoms with van der Waals surface area (Å²) >= 11 is 0. The summed E-state index contributed by atoms with van der Waals surface area (Å²) in [4.78, 5) is 13.5. The van der Waals surface area contributed by atoms with E-state index in [0.717, 1.165) is 12.1 Å². The molecule has 0 saturated carbocycles. The number of carbonyl (C=O) groups excluding carboxylic acids is 1. The number of carbonyl (C=O) groups is 1. The van der Waals surface area contributed by atoms with Gasteiger partial charge in [0.2, 0.25) is 0 Å². The molecule has 7 nitrogen and oxygen atoms in total. The van der Waals surface area contributed by atoms with E-state index in [0.29, 0.717) is 12.1 Å². The van der Waals surface area contributed by atoms with Crippen molar-refractivity contribution in [2.24, 2.45) is 0 Å². The highest BCUT2D eigenvalue weighted by atomic mass is 16.3. The Labute approximate surface area is 129 Å². The van der Waals surface area contributed by atoms with Gasteiger partial charge in [-0.3, -0.25) is 0 Å². The number of nitrogens with zero attached hydrogens (tertiary/aromatic N) is 3. The molecule has 0 aliphatic carbocycles. The summed E-state index contributed by atoms with van der Waals surface area (Å²) in [6.07, 6.45) is 4.79. The van der Waals surface area contributed by atoms with E-state index < -0.39 is 5.54 Å². The summed E-state index contributed by atoms with van der Waals surface area (Å²) in [5, 5.41) is 23.0. The zero-order valence-corrected chi connectivity index (χ0v) is 12.8. The Hall–Kier alpha value is -2.41. The van der Waals surface area contributed by atoms with Crippen molar-refractivity contribution in [2.75, 3.05) is 11.9 Å². The highest BCUT2D eigenvalue weighted by molar-refractivity contribution is 5.89. The fraction of sp³-hybridized carbons (Fsp3) is 0.400. The fourth-order valence-electron chi connectivity index (χ4n) is 2.20. The van der Waals surface area contributed by atoms with E-state index in [1.165, 1.54) is 4.80 Å². The van der Waals surface area contributed by atoms with Crippen LogP contribution in [0.2, 0.25) is 0 Å². The third-order valence-electron chi connectivity index (χ3n) is 3.34. The molecule has 3 N–H and O–H groups in total. The van der Waals surface area contributed by atoms with Crippen LogP contribution in [0.4, 0.5) is 10.5 Å². The minimum absolute atomic E-state index is 0.0990. The molecule has 0 saturated heterocycles. The number of nitrogens with one attached hydrogen (secondary N) is 2. The number of hydrogen-bond acceptors (Lipinski definition) is 4. The predicted octanol–water partition coefficient (Wildman–Crippen LogP) is 1.94. The number of aliphatic hydroxyl groups is 1. The monoisotopic (exact) mass is 303 g/mol. The second kappa shape index (κ2) is 7.04.